The summed E-state index contributed by atoms with van der Waals surface area (Å²) in [6.07, 6.45) is 5.91. The number of urea groups is 1. The van der Waals surface area contributed by atoms with Gasteiger partial charge in [0, 0.05) is 24.4 Å². The average molecular weight is 391 g/mol. The number of rotatable bonds is 7. The van der Waals surface area contributed by atoms with Crippen LogP contribution in [0.15, 0.2) is 21.9 Å². The molecule has 1 saturated carbocycles. The van der Waals surface area contributed by atoms with Gasteiger partial charge in [0.15, 0.2) is 5.76 Å². The van der Waals surface area contributed by atoms with E-state index in [2.05, 4.69) is 20.9 Å². The molecule has 3 amide bonds. The molecular formula is C19H26N4O3S. The van der Waals surface area contributed by atoms with Crippen LogP contribution in [0, 0.1) is 6.92 Å². The molecule has 0 atom stereocenters. The summed E-state index contributed by atoms with van der Waals surface area (Å²) in [6, 6.07) is 3.76. The van der Waals surface area contributed by atoms with Crippen LogP contribution in [0.1, 0.15) is 49.3 Å². The van der Waals surface area contributed by atoms with Gasteiger partial charge >= 0.3 is 6.03 Å². The number of aryl methyl sites for hydroxylation is 1. The van der Waals surface area contributed by atoms with Crippen LogP contribution in [-0.4, -0.2) is 29.5 Å². The zero-order valence-electron chi connectivity index (χ0n) is 15.5. The van der Waals surface area contributed by atoms with Crippen molar-refractivity contribution in [3.63, 3.8) is 0 Å². The second-order valence-electron chi connectivity index (χ2n) is 6.78. The van der Waals surface area contributed by atoms with E-state index in [1.165, 1.54) is 19.3 Å². The first-order chi connectivity index (χ1) is 13.1. The number of nitrogens with zero attached hydrogens (tertiary/aromatic N) is 1. The highest BCUT2D eigenvalue weighted by atomic mass is 32.1. The molecule has 0 unspecified atom stereocenters. The lowest BCUT2D eigenvalue weighted by atomic mass is 9.96. The van der Waals surface area contributed by atoms with Crippen molar-refractivity contribution in [2.45, 2.75) is 58.0 Å². The van der Waals surface area contributed by atoms with Gasteiger partial charge in [-0.3, -0.25) is 4.79 Å². The molecule has 7 nitrogen and oxygen atoms in total. The zero-order chi connectivity index (χ0) is 19.1. The third kappa shape index (κ3) is 6.09. The van der Waals surface area contributed by atoms with Crippen LogP contribution in [0.3, 0.4) is 0 Å². The summed E-state index contributed by atoms with van der Waals surface area (Å²) >= 11 is 1.57. The Kier molecular flexibility index (Phi) is 6.86. The average Bonchev–Trinajstić information content (AvgIpc) is 3.29. The van der Waals surface area contributed by atoms with Gasteiger partial charge < -0.3 is 20.4 Å². The van der Waals surface area contributed by atoms with E-state index in [9.17, 15) is 9.59 Å². The number of aromatic nitrogens is 1. The molecule has 1 aliphatic rings. The third-order valence-corrected chi connectivity index (χ3v) is 5.34. The molecule has 8 heteroatoms. The first kappa shape index (κ1) is 19.4. The van der Waals surface area contributed by atoms with Gasteiger partial charge in [0.25, 0.3) is 0 Å². The Labute approximate surface area is 162 Å². The Morgan fingerprint density at radius 3 is 2.78 bits per heavy atom. The first-order valence-electron chi connectivity index (χ1n) is 9.42. The second-order valence-corrected chi connectivity index (χ2v) is 7.84. The largest absolute Gasteiger partial charge is 0.458 e. The lowest BCUT2D eigenvalue weighted by Crippen LogP contribution is -2.43. The standard InChI is InChI=1S/C19H26N4O3S/c1-13-22-16(12-27-13)17-8-7-15(26-17)11-21-18(24)9-10-20-19(25)23-14-5-3-2-4-6-14/h7-8,12,14H,2-6,9-11H2,1H3,(H,21,24)(H2,20,23,25). The van der Waals surface area contributed by atoms with Crippen molar-refractivity contribution >= 4 is 23.3 Å². The maximum Gasteiger partial charge on any atom is 0.315 e. The van der Waals surface area contributed by atoms with Gasteiger partial charge in [0.05, 0.1) is 11.6 Å². The van der Waals surface area contributed by atoms with Crippen LogP contribution in [0.4, 0.5) is 4.79 Å². The predicted octanol–water partition coefficient (Wildman–Crippen LogP) is 3.35. The van der Waals surface area contributed by atoms with Crippen molar-refractivity contribution in [2.75, 3.05) is 6.54 Å². The molecule has 1 aliphatic carbocycles. The van der Waals surface area contributed by atoms with Gasteiger partial charge in [-0.25, -0.2) is 9.78 Å². The van der Waals surface area contributed by atoms with Crippen LogP contribution in [0.5, 0.6) is 0 Å². The summed E-state index contributed by atoms with van der Waals surface area (Å²) < 4.78 is 5.71. The van der Waals surface area contributed by atoms with Gasteiger partial charge in [-0.15, -0.1) is 11.3 Å². The first-order valence-corrected chi connectivity index (χ1v) is 10.3. The molecule has 27 heavy (non-hydrogen) atoms. The van der Waals surface area contributed by atoms with Gasteiger partial charge in [0.1, 0.15) is 11.5 Å². The molecule has 3 N–H and O–H groups in total. The third-order valence-electron chi connectivity index (χ3n) is 4.57. The highest BCUT2D eigenvalue weighted by molar-refractivity contribution is 7.09. The lowest BCUT2D eigenvalue weighted by Gasteiger charge is -2.22. The molecule has 1 fully saturated rings. The molecule has 2 aromatic heterocycles. The molecule has 0 bridgehead atoms. The van der Waals surface area contributed by atoms with E-state index in [4.69, 9.17) is 4.42 Å². The van der Waals surface area contributed by atoms with Crippen molar-refractivity contribution in [3.05, 3.63) is 28.3 Å². The molecule has 0 saturated heterocycles. The molecule has 2 heterocycles. The summed E-state index contributed by atoms with van der Waals surface area (Å²) in [5, 5.41) is 11.4. The maximum atomic E-state index is 11.9. The molecule has 3 rings (SSSR count). The van der Waals surface area contributed by atoms with E-state index in [0.717, 1.165) is 23.5 Å². The molecule has 146 valence electrons. The molecule has 2 aromatic rings. The topological polar surface area (TPSA) is 96.3 Å². The maximum absolute atomic E-state index is 11.9. The number of thiazole rings is 1. The summed E-state index contributed by atoms with van der Waals surface area (Å²) in [7, 11) is 0. The number of carbonyl (C=O) groups excluding carboxylic acids is 2. The predicted molar refractivity (Wildman–Crippen MR) is 104 cm³/mol. The Morgan fingerprint density at radius 2 is 2.04 bits per heavy atom. The van der Waals surface area contributed by atoms with E-state index in [-0.39, 0.29) is 24.4 Å². The highest BCUT2D eigenvalue weighted by Crippen LogP contribution is 2.23. The zero-order valence-corrected chi connectivity index (χ0v) is 16.4. The summed E-state index contributed by atoms with van der Waals surface area (Å²) in [6.45, 7) is 2.57. The minimum Gasteiger partial charge on any atom is -0.458 e. The van der Waals surface area contributed by atoms with Crippen molar-refractivity contribution in [1.29, 1.82) is 0 Å². The van der Waals surface area contributed by atoms with Gasteiger partial charge in [-0.05, 0) is 31.9 Å². The number of hydrogen-bond acceptors (Lipinski definition) is 5. The Hall–Kier alpha value is -2.35. The van der Waals surface area contributed by atoms with Crippen LogP contribution in [0.25, 0.3) is 11.5 Å². The van der Waals surface area contributed by atoms with Gasteiger partial charge in [-0.1, -0.05) is 19.3 Å². The number of amides is 3. The smallest absolute Gasteiger partial charge is 0.315 e. The fraction of sp³-hybridized carbons (Fsp3) is 0.526. The van der Waals surface area contributed by atoms with Crippen LogP contribution >= 0.6 is 11.3 Å². The minimum atomic E-state index is -0.191. The molecule has 0 radical (unpaired) electrons. The van der Waals surface area contributed by atoms with E-state index >= 15 is 0 Å². The quantitative estimate of drug-likeness (QED) is 0.675. The van der Waals surface area contributed by atoms with Crippen LogP contribution in [-0.2, 0) is 11.3 Å². The fourth-order valence-corrected chi connectivity index (χ4v) is 3.74. The Bertz CT molecular complexity index is 765. The van der Waals surface area contributed by atoms with Crippen LogP contribution in [0.2, 0.25) is 0 Å². The second kappa shape index (κ2) is 9.55. The van der Waals surface area contributed by atoms with Crippen LogP contribution < -0.4 is 16.0 Å². The van der Waals surface area contributed by atoms with Gasteiger partial charge in [-0.2, -0.15) is 0 Å². The highest BCUT2D eigenvalue weighted by Gasteiger charge is 2.15. The molecule has 0 aromatic carbocycles. The molecule has 0 spiro atoms. The van der Waals surface area contributed by atoms with Gasteiger partial charge in [0.2, 0.25) is 5.91 Å². The van der Waals surface area contributed by atoms with E-state index < -0.39 is 0 Å². The number of nitrogens with one attached hydrogen (secondary N) is 3. The Morgan fingerprint density at radius 1 is 1.22 bits per heavy atom. The Balaban J connectivity index is 1.32. The molecule has 0 aliphatic heterocycles. The van der Waals surface area contributed by atoms with Crippen molar-refractivity contribution in [1.82, 2.24) is 20.9 Å². The fourth-order valence-electron chi connectivity index (χ4n) is 3.13. The SMILES string of the molecule is Cc1nc(-c2ccc(CNC(=O)CCNC(=O)NC3CCCCC3)o2)cs1. The summed E-state index contributed by atoms with van der Waals surface area (Å²) in [5.41, 5.74) is 0.809. The van der Waals surface area contributed by atoms with E-state index in [1.54, 1.807) is 11.3 Å². The lowest BCUT2D eigenvalue weighted by molar-refractivity contribution is -0.121. The minimum absolute atomic E-state index is 0.129. The van der Waals surface area contributed by atoms with Crippen molar-refractivity contribution in [3.8, 4) is 11.5 Å². The molecular weight excluding hydrogens is 364 g/mol. The number of furan rings is 1. The number of hydrogen-bond donors (Lipinski definition) is 3. The van der Waals surface area contributed by atoms with E-state index in [0.29, 0.717) is 24.6 Å². The monoisotopic (exact) mass is 390 g/mol. The van der Waals surface area contributed by atoms with Crippen molar-refractivity contribution in [2.24, 2.45) is 0 Å². The van der Waals surface area contributed by atoms with E-state index in [1.807, 2.05) is 24.4 Å². The van der Waals surface area contributed by atoms with Crippen molar-refractivity contribution < 1.29 is 14.0 Å². The summed E-state index contributed by atoms with van der Waals surface area (Å²) in [5.74, 6) is 1.24. The number of carbonyl (C=O) groups is 2. The summed E-state index contributed by atoms with van der Waals surface area (Å²) in [4.78, 5) is 28.1. The normalized spacial score (nSPS) is 14.7.